The molecular formula is C23H21BrFN3O3S. The van der Waals surface area contributed by atoms with E-state index in [4.69, 9.17) is 4.74 Å². The molecule has 0 atom stereocenters. The van der Waals surface area contributed by atoms with Gasteiger partial charge in [-0.3, -0.25) is 14.9 Å². The number of nitrogens with zero attached hydrogens (tertiary/aromatic N) is 1. The van der Waals surface area contributed by atoms with Gasteiger partial charge in [0, 0.05) is 35.1 Å². The molecule has 1 saturated heterocycles. The Morgan fingerprint density at radius 3 is 2.62 bits per heavy atom. The van der Waals surface area contributed by atoms with Gasteiger partial charge in [-0.2, -0.15) is 0 Å². The van der Waals surface area contributed by atoms with E-state index in [0.717, 1.165) is 34.6 Å². The van der Waals surface area contributed by atoms with Crippen molar-refractivity contribution >= 4 is 49.9 Å². The van der Waals surface area contributed by atoms with Crippen molar-refractivity contribution in [2.75, 3.05) is 23.8 Å². The molecule has 1 aliphatic heterocycles. The predicted octanol–water partition coefficient (Wildman–Crippen LogP) is 5.72. The number of carbonyl (C=O) groups excluding carboxylic acids is 2. The van der Waals surface area contributed by atoms with Crippen LogP contribution < -0.4 is 10.6 Å². The zero-order valence-corrected chi connectivity index (χ0v) is 19.5. The lowest BCUT2D eigenvalue weighted by Gasteiger charge is -2.21. The summed E-state index contributed by atoms with van der Waals surface area (Å²) in [6.45, 7) is 1.28. The molecule has 2 amide bonds. The molecule has 2 aromatic carbocycles. The van der Waals surface area contributed by atoms with E-state index in [1.807, 2.05) is 29.6 Å². The van der Waals surface area contributed by atoms with Crippen molar-refractivity contribution in [3.8, 4) is 11.3 Å². The van der Waals surface area contributed by atoms with Crippen LogP contribution >= 0.6 is 27.3 Å². The van der Waals surface area contributed by atoms with Gasteiger partial charge < -0.3 is 10.1 Å². The summed E-state index contributed by atoms with van der Waals surface area (Å²) in [7, 11) is 0. The Kier molecular flexibility index (Phi) is 7.29. The summed E-state index contributed by atoms with van der Waals surface area (Å²) in [4.78, 5) is 29.8. The minimum Gasteiger partial charge on any atom is -0.381 e. The van der Waals surface area contributed by atoms with Crippen LogP contribution in [0.2, 0.25) is 0 Å². The number of nitrogens with one attached hydrogen (secondary N) is 2. The van der Waals surface area contributed by atoms with E-state index < -0.39 is 11.7 Å². The van der Waals surface area contributed by atoms with Crippen molar-refractivity contribution in [2.24, 2.45) is 5.92 Å². The zero-order chi connectivity index (χ0) is 22.5. The fourth-order valence-electron chi connectivity index (χ4n) is 3.48. The Hall–Kier alpha value is -2.62. The quantitative estimate of drug-likeness (QED) is 0.438. The first kappa shape index (κ1) is 22.6. The third-order valence-electron chi connectivity index (χ3n) is 5.18. The van der Waals surface area contributed by atoms with Crippen molar-refractivity contribution in [2.45, 2.75) is 19.3 Å². The van der Waals surface area contributed by atoms with Gasteiger partial charge in [0.15, 0.2) is 5.13 Å². The van der Waals surface area contributed by atoms with E-state index in [-0.39, 0.29) is 23.1 Å². The van der Waals surface area contributed by atoms with Crippen LogP contribution in [0.1, 0.15) is 29.6 Å². The summed E-state index contributed by atoms with van der Waals surface area (Å²) in [6, 6.07) is 11.4. The monoisotopic (exact) mass is 517 g/mol. The minimum absolute atomic E-state index is 0.143. The van der Waals surface area contributed by atoms with Crippen molar-refractivity contribution in [3.63, 3.8) is 0 Å². The Bertz CT molecular complexity index is 1110. The highest BCUT2D eigenvalue weighted by molar-refractivity contribution is 9.10. The lowest BCUT2D eigenvalue weighted by molar-refractivity contribution is -0.117. The number of carbonyl (C=O) groups is 2. The van der Waals surface area contributed by atoms with E-state index in [2.05, 4.69) is 31.5 Å². The van der Waals surface area contributed by atoms with Gasteiger partial charge in [0.25, 0.3) is 5.91 Å². The molecule has 0 bridgehead atoms. The molecule has 2 heterocycles. The highest BCUT2D eigenvalue weighted by Gasteiger charge is 2.20. The van der Waals surface area contributed by atoms with E-state index in [1.165, 1.54) is 23.5 Å². The maximum atomic E-state index is 13.9. The lowest BCUT2D eigenvalue weighted by atomic mass is 9.96. The molecule has 32 heavy (non-hydrogen) atoms. The number of amides is 2. The number of thiazole rings is 1. The van der Waals surface area contributed by atoms with Crippen LogP contribution in [0.15, 0.2) is 52.3 Å². The van der Waals surface area contributed by atoms with E-state index >= 15 is 0 Å². The van der Waals surface area contributed by atoms with Gasteiger partial charge in [0.05, 0.1) is 16.9 Å². The first-order valence-corrected chi connectivity index (χ1v) is 11.8. The summed E-state index contributed by atoms with van der Waals surface area (Å²) < 4.78 is 20.1. The molecular weight excluding hydrogens is 497 g/mol. The van der Waals surface area contributed by atoms with Crippen LogP contribution in [0.4, 0.5) is 15.2 Å². The lowest BCUT2D eigenvalue weighted by Crippen LogP contribution is -2.23. The molecule has 2 N–H and O–H groups in total. The van der Waals surface area contributed by atoms with Crippen molar-refractivity contribution in [1.82, 2.24) is 4.98 Å². The number of benzene rings is 2. The molecule has 0 radical (unpaired) electrons. The molecule has 1 aliphatic rings. The Balaban J connectivity index is 1.45. The van der Waals surface area contributed by atoms with Crippen molar-refractivity contribution in [1.29, 1.82) is 0 Å². The number of anilines is 2. The molecule has 6 nitrogen and oxygen atoms in total. The molecule has 0 unspecified atom stereocenters. The summed E-state index contributed by atoms with van der Waals surface area (Å²) >= 11 is 4.69. The fourth-order valence-corrected chi connectivity index (χ4v) is 4.46. The molecule has 0 saturated carbocycles. The smallest absolute Gasteiger partial charge is 0.259 e. The van der Waals surface area contributed by atoms with Gasteiger partial charge in [-0.1, -0.05) is 28.1 Å². The van der Waals surface area contributed by atoms with Crippen molar-refractivity contribution < 1.29 is 18.7 Å². The van der Waals surface area contributed by atoms with Crippen LogP contribution in [-0.4, -0.2) is 30.0 Å². The SMILES string of the molecule is O=C(CC1CCOCC1)Nc1cc(F)ccc1C(=O)Nc1nc(-c2ccc(Br)cc2)cs1. The van der Waals surface area contributed by atoms with Crippen LogP contribution in [0, 0.1) is 11.7 Å². The molecule has 1 fully saturated rings. The standard InChI is InChI=1S/C23H21BrFN3O3S/c24-16-3-1-15(2-4-16)20-13-32-23(27-20)28-22(30)18-6-5-17(25)12-19(18)26-21(29)11-14-7-9-31-10-8-14/h1-6,12-14H,7-11H2,(H,26,29)(H,27,28,30). The van der Waals surface area contributed by atoms with Gasteiger partial charge in [-0.05, 0) is 49.1 Å². The van der Waals surface area contributed by atoms with Crippen LogP contribution in [0.25, 0.3) is 11.3 Å². The van der Waals surface area contributed by atoms with Gasteiger partial charge in [0.1, 0.15) is 5.82 Å². The van der Waals surface area contributed by atoms with Gasteiger partial charge >= 0.3 is 0 Å². The summed E-state index contributed by atoms with van der Waals surface area (Å²) in [5.74, 6) is -1.02. The summed E-state index contributed by atoms with van der Waals surface area (Å²) in [5.41, 5.74) is 1.98. The predicted molar refractivity (Wildman–Crippen MR) is 126 cm³/mol. The Labute approximate surface area is 197 Å². The third kappa shape index (κ3) is 5.79. The highest BCUT2D eigenvalue weighted by Crippen LogP contribution is 2.27. The second-order valence-corrected chi connectivity index (χ2v) is 9.27. The topological polar surface area (TPSA) is 80.3 Å². The number of halogens is 2. The maximum Gasteiger partial charge on any atom is 0.259 e. The van der Waals surface area contributed by atoms with E-state index in [1.54, 1.807) is 0 Å². The molecule has 0 spiro atoms. The van der Waals surface area contributed by atoms with Gasteiger partial charge in [-0.25, -0.2) is 9.37 Å². The normalized spacial score (nSPS) is 14.2. The molecule has 3 aromatic rings. The molecule has 9 heteroatoms. The number of ether oxygens (including phenoxy) is 1. The maximum absolute atomic E-state index is 13.9. The van der Waals surface area contributed by atoms with Gasteiger partial charge in [-0.15, -0.1) is 11.3 Å². The Morgan fingerprint density at radius 2 is 1.88 bits per heavy atom. The third-order valence-corrected chi connectivity index (χ3v) is 6.47. The van der Waals surface area contributed by atoms with Crippen LogP contribution in [-0.2, 0) is 9.53 Å². The first-order valence-electron chi connectivity index (χ1n) is 10.2. The Morgan fingerprint density at radius 1 is 1.12 bits per heavy atom. The molecule has 0 aliphatic carbocycles. The molecule has 1 aromatic heterocycles. The van der Waals surface area contributed by atoms with E-state index in [0.29, 0.717) is 24.8 Å². The second-order valence-electron chi connectivity index (χ2n) is 7.50. The first-order chi connectivity index (χ1) is 15.5. The average molecular weight is 518 g/mol. The number of hydrogen-bond acceptors (Lipinski definition) is 5. The summed E-state index contributed by atoms with van der Waals surface area (Å²) in [6.07, 6.45) is 1.94. The van der Waals surface area contributed by atoms with Crippen LogP contribution in [0.3, 0.4) is 0 Å². The minimum atomic E-state index is -0.533. The summed E-state index contributed by atoms with van der Waals surface area (Å²) in [5, 5.41) is 7.70. The number of rotatable bonds is 6. The zero-order valence-electron chi connectivity index (χ0n) is 17.1. The number of hydrogen-bond donors (Lipinski definition) is 2. The van der Waals surface area contributed by atoms with Gasteiger partial charge in [0.2, 0.25) is 5.91 Å². The fraction of sp³-hybridized carbons (Fsp3) is 0.261. The largest absolute Gasteiger partial charge is 0.381 e. The molecule has 4 rings (SSSR count). The second kappa shape index (κ2) is 10.3. The highest BCUT2D eigenvalue weighted by atomic mass is 79.9. The average Bonchev–Trinajstić information content (AvgIpc) is 3.23. The molecule has 166 valence electrons. The van der Waals surface area contributed by atoms with Crippen molar-refractivity contribution in [3.05, 3.63) is 63.7 Å². The number of aromatic nitrogens is 1. The van der Waals surface area contributed by atoms with E-state index in [9.17, 15) is 14.0 Å². The van der Waals surface area contributed by atoms with Crippen LogP contribution in [0.5, 0.6) is 0 Å².